The monoisotopic (exact) mass is 264 g/mol. The van der Waals surface area contributed by atoms with Crippen LogP contribution in [0.2, 0.25) is 0 Å². The van der Waals surface area contributed by atoms with Crippen LogP contribution in [-0.2, 0) is 6.54 Å². The summed E-state index contributed by atoms with van der Waals surface area (Å²) in [7, 11) is 0. The van der Waals surface area contributed by atoms with Crippen molar-refractivity contribution in [3.05, 3.63) is 23.8 Å². The van der Waals surface area contributed by atoms with Crippen LogP contribution >= 0.6 is 0 Å². The average Bonchev–Trinajstić information content (AvgIpc) is 2.46. The summed E-state index contributed by atoms with van der Waals surface area (Å²) in [6, 6.07) is 6.15. The van der Waals surface area contributed by atoms with E-state index in [1.165, 1.54) is 12.0 Å². The number of fused-ring (bicyclic) bond motifs is 1. The van der Waals surface area contributed by atoms with E-state index < -0.39 is 0 Å². The molecule has 0 saturated heterocycles. The van der Waals surface area contributed by atoms with Gasteiger partial charge in [-0.3, -0.25) is 0 Å². The van der Waals surface area contributed by atoms with Crippen LogP contribution in [0.3, 0.4) is 0 Å². The molecule has 2 N–H and O–H groups in total. The van der Waals surface area contributed by atoms with Crippen molar-refractivity contribution in [3.63, 3.8) is 0 Å². The van der Waals surface area contributed by atoms with Gasteiger partial charge in [0, 0.05) is 6.54 Å². The molecular weight excluding hydrogens is 240 g/mol. The Morgan fingerprint density at radius 2 is 1.79 bits per heavy atom. The number of hydrogen-bond acceptors (Lipinski definition) is 4. The molecule has 0 amide bonds. The highest BCUT2D eigenvalue weighted by Crippen LogP contribution is 2.30. The molecule has 0 saturated carbocycles. The first-order valence-electron chi connectivity index (χ1n) is 7.20. The Morgan fingerprint density at radius 3 is 2.63 bits per heavy atom. The van der Waals surface area contributed by atoms with Gasteiger partial charge in [-0.1, -0.05) is 13.0 Å². The highest BCUT2D eigenvalue weighted by molar-refractivity contribution is 5.43. The standard InChI is InChI=1S/C15H24N2O2/c1-2-6-16-7-3-8-17-12-13-4-5-14-15(11-13)19-10-9-18-14/h4-5,11,16-17H,2-3,6-10,12H2,1H3. The van der Waals surface area contributed by atoms with Crippen LogP contribution in [0.1, 0.15) is 25.3 Å². The zero-order chi connectivity index (χ0) is 13.3. The van der Waals surface area contributed by atoms with E-state index in [-0.39, 0.29) is 0 Å². The minimum absolute atomic E-state index is 0.646. The molecule has 1 heterocycles. The molecule has 4 heteroatoms. The summed E-state index contributed by atoms with van der Waals surface area (Å²) in [6.45, 7) is 7.59. The first-order valence-corrected chi connectivity index (χ1v) is 7.20. The van der Waals surface area contributed by atoms with Crippen LogP contribution in [0.4, 0.5) is 0 Å². The Hall–Kier alpha value is -1.26. The highest BCUT2D eigenvalue weighted by atomic mass is 16.6. The minimum atomic E-state index is 0.646. The Kier molecular flexibility index (Phi) is 5.98. The van der Waals surface area contributed by atoms with Gasteiger partial charge in [-0.25, -0.2) is 0 Å². The number of ether oxygens (including phenoxy) is 2. The molecule has 0 spiro atoms. The average molecular weight is 264 g/mol. The third-order valence-corrected chi connectivity index (χ3v) is 3.07. The van der Waals surface area contributed by atoms with E-state index >= 15 is 0 Å². The quantitative estimate of drug-likeness (QED) is 0.704. The first kappa shape index (κ1) is 14.2. The molecule has 0 atom stereocenters. The lowest BCUT2D eigenvalue weighted by molar-refractivity contribution is 0.171. The molecule has 1 aliphatic heterocycles. The van der Waals surface area contributed by atoms with Crippen molar-refractivity contribution in [2.24, 2.45) is 0 Å². The first-order chi connectivity index (χ1) is 9.40. The maximum Gasteiger partial charge on any atom is 0.161 e. The fourth-order valence-corrected chi connectivity index (χ4v) is 2.07. The normalized spacial score (nSPS) is 13.5. The molecule has 4 nitrogen and oxygen atoms in total. The fourth-order valence-electron chi connectivity index (χ4n) is 2.07. The predicted molar refractivity (Wildman–Crippen MR) is 76.9 cm³/mol. The lowest BCUT2D eigenvalue weighted by Gasteiger charge is -2.19. The Morgan fingerprint density at radius 1 is 1.00 bits per heavy atom. The van der Waals surface area contributed by atoms with Crippen LogP contribution < -0.4 is 20.1 Å². The maximum atomic E-state index is 5.57. The summed E-state index contributed by atoms with van der Waals surface area (Å²) in [5.41, 5.74) is 1.24. The summed E-state index contributed by atoms with van der Waals surface area (Å²) in [5.74, 6) is 1.73. The maximum absolute atomic E-state index is 5.57. The predicted octanol–water partition coefficient (Wildman–Crippen LogP) is 1.94. The smallest absolute Gasteiger partial charge is 0.161 e. The van der Waals surface area contributed by atoms with E-state index in [2.05, 4.69) is 29.7 Å². The lowest BCUT2D eigenvalue weighted by Crippen LogP contribution is -2.22. The van der Waals surface area contributed by atoms with Crippen LogP contribution in [0.5, 0.6) is 11.5 Å². The second kappa shape index (κ2) is 8.02. The van der Waals surface area contributed by atoms with Gasteiger partial charge >= 0.3 is 0 Å². The van der Waals surface area contributed by atoms with Crippen LogP contribution in [-0.4, -0.2) is 32.8 Å². The van der Waals surface area contributed by atoms with Crippen LogP contribution in [0, 0.1) is 0 Å². The highest BCUT2D eigenvalue weighted by Gasteiger charge is 2.11. The second-order valence-corrected chi connectivity index (χ2v) is 4.76. The van der Waals surface area contributed by atoms with E-state index in [9.17, 15) is 0 Å². The summed E-state index contributed by atoms with van der Waals surface area (Å²) < 4.78 is 11.1. The molecule has 0 aromatic heterocycles. The molecule has 1 aliphatic rings. The zero-order valence-electron chi connectivity index (χ0n) is 11.7. The third kappa shape index (κ3) is 4.73. The largest absolute Gasteiger partial charge is 0.486 e. The molecule has 19 heavy (non-hydrogen) atoms. The Balaban J connectivity index is 1.66. The van der Waals surface area contributed by atoms with Crippen molar-refractivity contribution in [3.8, 4) is 11.5 Å². The molecular formula is C15H24N2O2. The van der Waals surface area contributed by atoms with Gasteiger partial charge in [0.1, 0.15) is 13.2 Å². The van der Waals surface area contributed by atoms with E-state index in [1.807, 2.05) is 6.07 Å². The molecule has 0 aliphatic carbocycles. The number of benzene rings is 1. The molecule has 0 unspecified atom stereocenters. The SMILES string of the molecule is CCCNCCCNCc1ccc2c(c1)OCCO2. The van der Waals surface area contributed by atoms with Crippen molar-refractivity contribution in [1.29, 1.82) is 0 Å². The molecule has 0 radical (unpaired) electrons. The topological polar surface area (TPSA) is 42.5 Å². The van der Waals surface area contributed by atoms with E-state index in [4.69, 9.17) is 9.47 Å². The fraction of sp³-hybridized carbons (Fsp3) is 0.600. The summed E-state index contributed by atoms with van der Waals surface area (Å²) >= 11 is 0. The zero-order valence-corrected chi connectivity index (χ0v) is 11.7. The molecule has 1 aromatic carbocycles. The van der Waals surface area contributed by atoms with Gasteiger partial charge in [0.15, 0.2) is 11.5 Å². The van der Waals surface area contributed by atoms with Gasteiger partial charge in [0.05, 0.1) is 0 Å². The molecule has 0 bridgehead atoms. The van der Waals surface area contributed by atoms with Gasteiger partial charge < -0.3 is 20.1 Å². The molecule has 2 rings (SSSR count). The van der Waals surface area contributed by atoms with Gasteiger partial charge in [0.25, 0.3) is 0 Å². The summed E-state index contributed by atoms with van der Waals surface area (Å²) in [5, 5.41) is 6.85. The van der Waals surface area contributed by atoms with E-state index in [0.29, 0.717) is 13.2 Å². The van der Waals surface area contributed by atoms with Gasteiger partial charge in [0.2, 0.25) is 0 Å². The summed E-state index contributed by atoms with van der Waals surface area (Å²) in [4.78, 5) is 0. The molecule has 106 valence electrons. The van der Waals surface area contributed by atoms with Crippen molar-refractivity contribution in [2.75, 3.05) is 32.8 Å². The minimum Gasteiger partial charge on any atom is -0.486 e. The Labute approximate surface area is 115 Å². The van der Waals surface area contributed by atoms with Crippen molar-refractivity contribution >= 4 is 0 Å². The van der Waals surface area contributed by atoms with Crippen molar-refractivity contribution in [1.82, 2.24) is 10.6 Å². The Bertz CT molecular complexity index is 382. The van der Waals surface area contributed by atoms with E-state index in [1.54, 1.807) is 0 Å². The van der Waals surface area contributed by atoms with Gasteiger partial charge in [-0.15, -0.1) is 0 Å². The molecule has 0 fully saturated rings. The van der Waals surface area contributed by atoms with Gasteiger partial charge in [-0.05, 0) is 50.2 Å². The number of nitrogens with one attached hydrogen (secondary N) is 2. The molecule has 1 aromatic rings. The number of hydrogen-bond donors (Lipinski definition) is 2. The van der Waals surface area contributed by atoms with E-state index in [0.717, 1.165) is 44.1 Å². The summed E-state index contributed by atoms with van der Waals surface area (Å²) in [6.07, 6.45) is 2.36. The lowest BCUT2D eigenvalue weighted by atomic mass is 10.2. The van der Waals surface area contributed by atoms with Crippen molar-refractivity contribution < 1.29 is 9.47 Å². The van der Waals surface area contributed by atoms with Crippen molar-refractivity contribution in [2.45, 2.75) is 26.3 Å². The number of rotatable bonds is 8. The third-order valence-electron chi connectivity index (χ3n) is 3.07. The van der Waals surface area contributed by atoms with Crippen LogP contribution in [0.25, 0.3) is 0 Å². The second-order valence-electron chi connectivity index (χ2n) is 4.76. The van der Waals surface area contributed by atoms with Gasteiger partial charge in [-0.2, -0.15) is 0 Å². The van der Waals surface area contributed by atoms with Crippen LogP contribution in [0.15, 0.2) is 18.2 Å².